The van der Waals surface area contributed by atoms with Gasteiger partial charge in [0.1, 0.15) is 11.4 Å². The number of fused-ring (bicyclic) bond motifs is 4. The van der Waals surface area contributed by atoms with E-state index in [0.29, 0.717) is 28.6 Å². The van der Waals surface area contributed by atoms with E-state index in [2.05, 4.69) is 15.4 Å². The molecule has 5 rings (SSSR count). The molecule has 28 heavy (non-hydrogen) atoms. The third-order valence-corrected chi connectivity index (χ3v) is 4.84. The maximum atomic E-state index is 13.4. The van der Waals surface area contributed by atoms with E-state index in [9.17, 15) is 13.2 Å². The first-order valence-electron chi connectivity index (χ1n) is 8.40. The fraction of sp³-hybridized carbons (Fsp3) is 0.167. The number of alkyl halides is 3. The number of hydrazine groups is 2. The molecule has 1 aromatic carbocycles. The highest BCUT2D eigenvalue weighted by molar-refractivity contribution is 5.99. The second-order valence-electron chi connectivity index (χ2n) is 6.50. The van der Waals surface area contributed by atoms with Crippen LogP contribution in [0.4, 0.5) is 24.7 Å². The number of aryl methyl sites for hydroxylation is 1. The number of nitrogens with zero attached hydrogens (tertiary/aromatic N) is 4. The van der Waals surface area contributed by atoms with Gasteiger partial charge >= 0.3 is 6.30 Å². The number of methoxy groups -OCH3 is 1. The molecule has 4 heterocycles. The molecule has 0 amide bonds. The third-order valence-electron chi connectivity index (χ3n) is 4.84. The molecular weight excluding hydrogens is 373 g/mol. The van der Waals surface area contributed by atoms with Gasteiger partial charge < -0.3 is 14.3 Å². The molecule has 2 aliphatic heterocycles. The van der Waals surface area contributed by atoms with E-state index in [1.165, 1.54) is 12.4 Å². The van der Waals surface area contributed by atoms with E-state index in [1.54, 1.807) is 13.2 Å². The first-order chi connectivity index (χ1) is 13.4. The fourth-order valence-electron chi connectivity index (χ4n) is 3.57. The van der Waals surface area contributed by atoms with E-state index >= 15 is 0 Å². The lowest BCUT2D eigenvalue weighted by atomic mass is 10.1. The van der Waals surface area contributed by atoms with Crippen LogP contribution in [0.25, 0.3) is 22.2 Å². The van der Waals surface area contributed by atoms with Crippen molar-refractivity contribution in [2.24, 2.45) is 12.0 Å². The molecule has 0 bridgehead atoms. The van der Waals surface area contributed by atoms with Crippen LogP contribution >= 0.6 is 0 Å². The molecule has 7 nitrogen and oxygen atoms in total. The number of ether oxygens (including phenoxy) is 1. The molecule has 2 aliphatic rings. The Labute approximate surface area is 157 Å². The Morgan fingerprint density at radius 1 is 1.18 bits per heavy atom. The molecule has 0 fully saturated rings. The Morgan fingerprint density at radius 3 is 2.75 bits per heavy atom. The summed E-state index contributed by atoms with van der Waals surface area (Å²) in [5.41, 5.74) is 5.32. The molecule has 0 spiro atoms. The summed E-state index contributed by atoms with van der Waals surface area (Å²) in [5.74, 6) is 1.05. The number of aromatic nitrogens is 2. The Morgan fingerprint density at radius 2 is 2.00 bits per heavy atom. The van der Waals surface area contributed by atoms with Crippen molar-refractivity contribution < 1.29 is 17.9 Å². The number of aromatic amines is 1. The molecule has 0 aliphatic carbocycles. The van der Waals surface area contributed by atoms with E-state index < -0.39 is 6.30 Å². The molecule has 0 saturated heterocycles. The van der Waals surface area contributed by atoms with Gasteiger partial charge in [-0.2, -0.15) is 13.2 Å². The van der Waals surface area contributed by atoms with Crippen molar-refractivity contribution in [2.75, 3.05) is 12.1 Å². The molecule has 0 unspecified atom stereocenters. The van der Waals surface area contributed by atoms with Gasteiger partial charge in [-0.1, -0.05) is 0 Å². The van der Waals surface area contributed by atoms with E-state index in [0.717, 1.165) is 21.5 Å². The van der Waals surface area contributed by atoms with Gasteiger partial charge in [-0.05, 0) is 29.4 Å². The number of nitrogens with one attached hydrogen (secondary N) is 2. The monoisotopic (exact) mass is 388 g/mol. The summed E-state index contributed by atoms with van der Waals surface area (Å²) in [5, 5.41) is 2.09. The lowest BCUT2D eigenvalue weighted by Crippen LogP contribution is -2.52. The maximum absolute atomic E-state index is 13.4. The Balaban J connectivity index is 1.65. The van der Waals surface area contributed by atoms with E-state index in [1.807, 2.05) is 36.0 Å². The minimum absolute atomic E-state index is 0.121. The number of allylic oxidation sites excluding steroid dienone is 1. The van der Waals surface area contributed by atoms with Crippen molar-refractivity contribution in [3.8, 4) is 17.0 Å². The number of H-pyrrole nitrogens is 1. The van der Waals surface area contributed by atoms with Crippen molar-refractivity contribution >= 4 is 28.6 Å². The Kier molecular flexibility index (Phi) is 3.32. The predicted molar refractivity (Wildman–Crippen MR) is 99.0 cm³/mol. The molecular formula is C18H15F3N6O. The van der Waals surface area contributed by atoms with Crippen molar-refractivity contribution in [2.45, 2.75) is 6.30 Å². The fourth-order valence-corrected chi connectivity index (χ4v) is 3.57. The maximum Gasteiger partial charge on any atom is 0.496 e. The topological polar surface area (TPSA) is 60.8 Å². The molecule has 144 valence electrons. The van der Waals surface area contributed by atoms with Crippen LogP contribution in [0.3, 0.4) is 0 Å². The second-order valence-corrected chi connectivity index (χ2v) is 6.50. The molecule has 0 saturated carbocycles. The highest BCUT2D eigenvalue weighted by Gasteiger charge is 2.47. The minimum Gasteiger partial charge on any atom is -0.497 e. The Hall–Kier alpha value is -3.40. The normalized spacial score (nSPS) is 16.2. The van der Waals surface area contributed by atoms with Gasteiger partial charge in [-0.3, -0.25) is 5.43 Å². The molecule has 0 radical (unpaired) electrons. The zero-order chi connectivity index (χ0) is 19.6. The second kappa shape index (κ2) is 5.55. The SMILES string of the molecule is COc1ccc2c(c1)c(-c1cc3c([nH]1)N=CC1=CNN(C(F)(F)F)N13)cn2C. The predicted octanol–water partition coefficient (Wildman–Crippen LogP) is 3.80. The summed E-state index contributed by atoms with van der Waals surface area (Å²) in [6, 6.07) is 7.37. The van der Waals surface area contributed by atoms with Crippen LogP contribution in [0.5, 0.6) is 5.75 Å². The van der Waals surface area contributed by atoms with Crippen LogP contribution in [-0.2, 0) is 7.05 Å². The first-order valence-corrected chi connectivity index (χ1v) is 8.40. The van der Waals surface area contributed by atoms with Gasteiger partial charge in [0.25, 0.3) is 0 Å². The van der Waals surface area contributed by atoms with Crippen LogP contribution in [0.2, 0.25) is 0 Å². The van der Waals surface area contributed by atoms with Crippen LogP contribution < -0.4 is 15.2 Å². The summed E-state index contributed by atoms with van der Waals surface area (Å²) < 4.78 is 47.4. The number of hydrogen-bond acceptors (Lipinski definition) is 5. The summed E-state index contributed by atoms with van der Waals surface area (Å²) in [6.45, 7) is 0. The lowest BCUT2D eigenvalue weighted by Gasteiger charge is -2.32. The van der Waals surface area contributed by atoms with Gasteiger partial charge in [0.15, 0.2) is 5.82 Å². The average Bonchev–Trinajstić information content (AvgIpc) is 3.34. The molecule has 3 aromatic rings. The summed E-state index contributed by atoms with van der Waals surface area (Å²) in [4.78, 5) is 7.40. The number of halogens is 3. The van der Waals surface area contributed by atoms with Crippen LogP contribution in [0.15, 0.2) is 47.4 Å². The van der Waals surface area contributed by atoms with Gasteiger partial charge in [0, 0.05) is 35.9 Å². The number of rotatable bonds is 2. The number of benzene rings is 1. The molecule has 2 N–H and O–H groups in total. The van der Waals surface area contributed by atoms with Crippen molar-refractivity contribution in [1.29, 1.82) is 0 Å². The Bertz CT molecular complexity index is 1160. The van der Waals surface area contributed by atoms with E-state index in [-0.39, 0.29) is 5.12 Å². The largest absolute Gasteiger partial charge is 0.497 e. The van der Waals surface area contributed by atoms with Gasteiger partial charge in [-0.15, -0.1) is 0 Å². The standard InChI is InChI=1S/C18H15F3N6O/c1-25-9-13(12-5-11(28-2)3-4-15(12)25)14-6-16-17(24-14)22-7-10-8-23-27(26(10)16)18(19,20)21/h3-9,23-24H,1-2H3. The van der Waals surface area contributed by atoms with Crippen LogP contribution in [0, 0.1) is 0 Å². The molecule has 2 aromatic heterocycles. The zero-order valence-corrected chi connectivity index (χ0v) is 14.9. The van der Waals surface area contributed by atoms with E-state index in [4.69, 9.17) is 4.74 Å². The van der Waals surface area contributed by atoms with Crippen LogP contribution in [-0.4, -0.2) is 34.3 Å². The van der Waals surface area contributed by atoms with Crippen molar-refractivity contribution in [3.63, 3.8) is 0 Å². The number of anilines is 1. The van der Waals surface area contributed by atoms with Crippen LogP contribution in [0.1, 0.15) is 0 Å². The highest BCUT2D eigenvalue weighted by Crippen LogP contribution is 2.43. The van der Waals surface area contributed by atoms with Gasteiger partial charge in [0.2, 0.25) is 0 Å². The lowest BCUT2D eigenvalue weighted by molar-refractivity contribution is -0.257. The first kappa shape index (κ1) is 16.8. The minimum atomic E-state index is -4.59. The smallest absolute Gasteiger partial charge is 0.496 e. The molecule has 0 atom stereocenters. The quantitative estimate of drug-likeness (QED) is 0.656. The third kappa shape index (κ3) is 2.31. The number of aliphatic imine (C=N–C) groups is 1. The van der Waals surface area contributed by atoms with Crippen molar-refractivity contribution in [1.82, 2.24) is 20.1 Å². The highest BCUT2D eigenvalue weighted by atomic mass is 19.4. The van der Waals surface area contributed by atoms with Gasteiger partial charge in [-0.25, -0.2) is 10.0 Å². The van der Waals surface area contributed by atoms with Crippen molar-refractivity contribution in [3.05, 3.63) is 42.4 Å². The summed E-state index contributed by atoms with van der Waals surface area (Å²) >= 11 is 0. The zero-order valence-electron chi connectivity index (χ0n) is 14.9. The average molecular weight is 388 g/mol. The summed E-state index contributed by atoms with van der Waals surface area (Å²) in [6.07, 6.45) is -0.0284. The molecule has 10 heteroatoms. The van der Waals surface area contributed by atoms with Gasteiger partial charge in [0.05, 0.1) is 24.7 Å². The number of hydrogen-bond donors (Lipinski definition) is 2. The summed E-state index contributed by atoms with van der Waals surface area (Å²) in [7, 11) is 3.50.